The van der Waals surface area contributed by atoms with Crippen LogP contribution in [0.2, 0.25) is 0 Å². The van der Waals surface area contributed by atoms with Crippen molar-refractivity contribution in [3.05, 3.63) is 59.7 Å². The maximum absolute atomic E-state index is 12.5. The number of carbonyl (C=O) groups is 1. The molecular weight excluding hydrogens is 408 g/mol. The quantitative estimate of drug-likeness (QED) is 0.742. The number of hydrogen-bond acceptors (Lipinski definition) is 5. The number of benzene rings is 2. The summed E-state index contributed by atoms with van der Waals surface area (Å²) in [5.41, 5.74) is 2.98. The van der Waals surface area contributed by atoms with Crippen molar-refractivity contribution < 1.29 is 17.9 Å². The van der Waals surface area contributed by atoms with Crippen molar-refractivity contribution in [3.8, 4) is 5.75 Å². The summed E-state index contributed by atoms with van der Waals surface area (Å²) < 4.78 is 29.9. The van der Waals surface area contributed by atoms with Crippen molar-refractivity contribution in [1.82, 2.24) is 0 Å². The first-order valence-corrected chi connectivity index (χ1v) is 12.1. The second-order valence-corrected chi connectivity index (χ2v) is 10.7. The molecule has 2 aromatic rings. The molecule has 2 aliphatic heterocycles. The van der Waals surface area contributed by atoms with Crippen LogP contribution < -0.4 is 9.64 Å². The highest BCUT2D eigenvalue weighted by molar-refractivity contribution is 8.16. The van der Waals surface area contributed by atoms with Crippen molar-refractivity contribution in [1.29, 1.82) is 0 Å². The van der Waals surface area contributed by atoms with Gasteiger partial charge in [0.2, 0.25) is 0 Å². The minimum Gasteiger partial charge on any atom is -0.484 e. The van der Waals surface area contributed by atoms with Gasteiger partial charge < -0.3 is 9.64 Å². The molecule has 152 valence electrons. The number of rotatable bonds is 4. The van der Waals surface area contributed by atoms with Crippen LogP contribution in [0.1, 0.15) is 11.1 Å². The van der Waals surface area contributed by atoms with Crippen LogP contribution >= 0.6 is 11.8 Å². The summed E-state index contributed by atoms with van der Waals surface area (Å²) in [6.07, 6.45) is 0. The summed E-state index contributed by atoms with van der Waals surface area (Å²) in [5.74, 6) is 0.396. The number of ether oxygens (including phenoxy) is 1. The molecule has 0 spiro atoms. The number of amides is 1. The third-order valence-electron chi connectivity index (χ3n) is 5.02. The topological polar surface area (TPSA) is 76.0 Å². The molecule has 2 aromatic carbocycles. The van der Waals surface area contributed by atoms with Gasteiger partial charge in [0.1, 0.15) is 5.75 Å². The van der Waals surface area contributed by atoms with Gasteiger partial charge in [-0.05, 0) is 43.2 Å². The Morgan fingerprint density at radius 3 is 2.69 bits per heavy atom. The Morgan fingerprint density at radius 1 is 1.17 bits per heavy atom. The van der Waals surface area contributed by atoms with E-state index >= 15 is 0 Å². The SMILES string of the molecule is Cc1ccc(C)c(N2C(=NC(=O)COc3ccccc3)S[C@H]3CS(=O)(=O)C[C@H]32)c1. The van der Waals surface area contributed by atoms with Crippen molar-refractivity contribution in [2.75, 3.05) is 23.0 Å². The van der Waals surface area contributed by atoms with Crippen LogP contribution in [0, 0.1) is 13.8 Å². The molecular formula is C21H22N2O4S2. The van der Waals surface area contributed by atoms with E-state index in [4.69, 9.17) is 4.74 Å². The zero-order valence-electron chi connectivity index (χ0n) is 16.2. The molecule has 4 rings (SSSR count). The number of carbonyl (C=O) groups excluding carboxylic acids is 1. The lowest BCUT2D eigenvalue weighted by molar-refractivity contribution is -0.119. The molecule has 6 nitrogen and oxygen atoms in total. The lowest BCUT2D eigenvalue weighted by Gasteiger charge is -2.26. The number of anilines is 1. The summed E-state index contributed by atoms with van der Waals surface area (Å²) >= 11 is 1.37. The maximum Gasteiger partial charge on any atom is 0.285 e. The zero-order chi connectivity index (χ0) is 20.6. The van der Waals surface area contributed by atoms with E-state index in [1.807, 2.05) is 55.1 Å². The van der Waals surface area contributed by atoms with Crippen LogP contribution in [0.15, 0.2) is 53.5 Å². The number of para-hydroxylation sites is 1. The molecule has 0 aromatic heterocycles. The number of hydrogen-bond donors (Lipinski definition) is 0. The van der Waals surface area contributed by atoms with Crippen LogP contribution in [0.5, 0.6) is 5.75 Å². The van der Waals surface area contributed by atoms with Crippen LogP contribution in [0.4, 0.5) is 5.69 Å². The molecule has 29 heavy (non-hydrogen) atoms. The molecule has 0 bridgehead atoms. The first-order chi connectivity index (χ1) is 13.8. The van der Waals surface area contributed by atoms with Gasteiger partial charge >= 0.3 is 0 Å². The van der Waals surface area contributed by atoms with E-state index in [9.17, 15) is 13.2 Å². The largest absolute Gasteiger partial charge is 0.484 e. The maximum atomic E-state index is 12.5. The summed E-state index contributed by atoms with van der Waals surface area (Å²) in [4.78, 5) is 18.7. The van der Waals surface area contributed by atoms with E-state index in [0.717, 1.165) is 16.8 Å². The highest BCUT2D eigenvalue weighted by Crippen LogP contribution is 2.42. The Bertz CT molecular complexity index is 1070. The molecule has 2 saturated heterocycles. The highest BCUT2D eigenvalue weighted by atomic mass is 32.2. The first-order valence-electron chi connectivity index (χ1n) is 9.35. The van der Waals surface area contributed by atoms with E-state index in [1.165, 1.54) is 11.8 Å². The van der Waals surface area contributed by atoms with Crippen LogP contribution in [0.25, 0.3) is 0 Å². The molecule has 2 fully saturated rings. The highest BCUT2D eigenvalue weighted by Gasteiger charge is 2.49. The van der Waals surface area contributed by atoms with Gasteiger partial charge in [-0.2, -0.15) is 4.99 Å². The fourth-order valence-electron chi connectivity index (χ4n) is 3.63. The normalized spacial score (nSPS) is 23.9. The molecule has 0 saturated carbocycles. The van der Waals surface area contributed by atoms with Gasteiger partial charge in [0.05, 0.1) is 17.5 Å². The number of nitrogens with zero attached hydrogens (tertiary/aromatic N) is 2. The third-order valence-corrected chi connectivity index (χ3v) is 8.23. The molecule has 0 aliphatic carbocycles. The number of aryl methyl sites for hydroxylation is 2. The van der Waals surface area contributed by atoms with E-state index in [-0.39, 0.29) is 29.4 Å². The van der Waals surface area contributed by atoms with Gasteiger partial charge in [0.15, 0.2) is 21.6 Å². The number of aliphatic imine (C=N–C) groups is 1. The van der Waals surface area contributed by atoms with Gasteiger partial charge in [-0.1, -0.05) is 42.1 Å². The second-order valence-electron chi connectivity index (χ2n) is 7.35. The van der Waals surface area contributed by atoms with Gasteiger partial charge in [-0.25, -0.2) is 8.42 Å². The van der Waals surface area contributed by atoms with E-state index in [2.05, 4.69) is 4.99 Å². The number of fused-ring (bicyclic) bond motifs is 1. The van der Waals surface area contributed by atoms with Crippen LogP contribution in [-0.2, 0) is 14.6 Å². The summed E-state index contributed by atoms with van der Waals surface area (Å²) in [5, 5.41) is 0.423. The zero-order valence-corrected chi connectivity index (χ0v) is 17.9. The van der Waals surface area contributed by atoms with Crippen molar-refractivity contribution in [3.63, 3.8) is 0 Å². The number of thioether (sulfide) groups is 1. The molecule has 2 heterocycles. The predicted octanol–water partition coefficient (Wildman–Crippen LogP) is 2.98. The van der Waals surface area contributed by atoms with Crippen molar-refractivity contribution in [2.45, 2.75) is 25.1 Å². The summed E-state index contributed by atoms with van der Waals surface area (Å²) in [7, 11) is -3.09. The predicted molar refractivity (Wildman–Crippen MR) is 117 cm³/mol. The van der Waals surface area contributed by atoms with Gasteiger partial charge in [0.25, 0.3) is 5.91 Å². The minimum absolute atomic E-state index is 0.0752. The van der Waals surface area contributed by atoms with Crippen molar-refractivity contribution >= 4 is 38.4 Å². The minimum atomic E-state index is -3.09. The smallest absolute Gasteiger partial charge is 0.285 e. The average molecular weight is 431 g/mol. The molecule has 0 radical (unpaired) electrons. The van der Waals surface area contributed by atoms with Crippen LogP contribution in [-0.4, -0.2) is 48.9 Å². The van der Waals surface area contributed by atoms with E-state index < -0.39 is 15.7 Å². The van der Waals surface area contributed by atoms with Gasteiger partial charge in [-0.15, -0.1) is 0 Å². The summed E-state index contributed by atoms with van der Waals surface area (Å²) in [6, 6.07) is 14.9. The molecule has 0 N–H and O–H groups in total. The average Bonchev–Trinajstić information content (AvgIpc) is 3.14. The molecule has 2 atom stereocenters. The Hall–Kier alpha value is -2.32. The Labute approximate surface area is 174 Å². The van der Waals surface area contributed by atoms with Crippen molar-refractivity contribution in [2.24, 2.45) is 4.99 Å². The molecule has 1 amide bonds. The van der Waals surface area contributed by atoms with Crippen LogP contribution in [0.3, 0.4) is 0 Å². The fraction of sp³-hybridized carbons (Fsp3) is 0.333. The van der Waals surface area contributed by atoms with Gasteiger partial charge in [-0.3, -0.25) is 4.79 Å². The molecule has 2 aliphatic rings. The molecule has 8 heteroatoms. The Morgan fingerprint density at radius 2 is 1.93 bits per heavy atom. The number of sulfone groups is 1. The monoisotopic (exact) mass is 430 g/mol. The third kappa shape index (κ3) is 4.33. The van der Waals surface area contributed by atoms with E-state index in [1.54, 1.807) is 12.1 Å². The standard InChI is InChI=1S/C21H22N2O4S2/c1-14-8-9-15(2)17(10-14)23-18-12-29(25,26)13-19(18)28-21(23)22-20(24)11-27-16-6-4-3-5-7-16/h3-10,18-19H,11-13H2,1-2H3/t18-,19+/m1/s1. The Balaban J connectivity index is 1.61. The molecule has 0 unspecified atom stereocenters. The second kappa shape index (κ2) is 7.84. The fourth-order valence-corrected chi connectivity index (χ4v) is 7.55. The first kappa shape index (κ1) is 20.0. The Kier molecular flexibility index (Phi) is 5.40. The van der Waals surface area contributed by atoms with E-state index in [0.29, 0.717) is 10.9 Å². The lowest BCUT2D eigenvalue weighted by Crippen LogP contribution is -2.38. The summed E-state index contributed by atoms with van der Waals surface area (Å²) in [6.45, 7) is 3.81. The number of amidine groups is 1. The van der Waals surface area contributed by atoms with Gasteiger partial charge in [0, 0.05) is 10.9 Å². The lowest BCUT2D eigenvalue weighted by atomic mass is 10.1.